The number of benzene rings is 2. The first-order chi connectivity index (χ1) is 13.7. The first-order valence-electron chi connectivity index (χ1n) is 9.44. The number of hydrogen-bond donors (Lipinski definition) is 2. The van der Waals surface area contributed by atoms with Crippen molar-refractivity contribution in [2.45, 2.75) is 18.9 Å². The summed E-state index contributed by atoms with van der Waals surface area (Å²) in [6, 6.07) is 13.8. The predicted molar refractivity (Wildman–Crippen MR) is 108 cm³/mol. The van der Waals surface area contributed by atoms with E-state index >= 15 is 0 Å². The molecule has 2 aromatic carbocycles. The summed E-state index contributed by atoms with van der Waals surface area (Å²) in [6.07, 6.45) is 1.53. The topological polar surface area (TPSA) is 62.8 Å². The second-order valence-electron chi connectivity index (χ2n) is 6.68. The maximum Gasteiger partial charge on any atom is 0.319 e. The monoisotopic (exact) mass is 387 g/mol. The van der Waals surface area contributed by atoms with E-state index in [0.29, 0.717) is 43.4 Å². The zero-order valence-electron chi connectivity index (χ0n) is 16.0. The molecule has 6 nitrogen and oxygen atoms in total. The lowest BCUT2D eigenvalue weighted by atomic mass is 10.0. The minimum absolute atomic E-state index is 0.0594. The fourth-order valence-corrected chi connectivity index (χ4v) is 3.23. The maximum absolute atomic E-state index is 13.9. The third-order valence-electron chi connectivity index (χ3n) is 4.67. The molecule has 0 radical (unpaired) electrons. The van der Waals surface area contributed by atoms with Crippen molar-refractivity contribution in [2.75, 3.05) is 43.6 Å². The molecule has 2 aromatic rings. The molecule has 0 aromatic heterocycles. The van der Waals surface area contributed by atoms with E-state index in [0.717, 1.165) is 12.8 Å². The van der Waals surface area contributed by atoms with Crippen LogP contribution in [0.15, 0.2) is 48.5 Å². The van der Waals surface area contributed by atoms with Crippen molar-refractivity contribution in [3.05, 3.63) is 54.3 Å². The van der Waals surface area contributed by atoms with Crippen molar-refractivity contribution < 1.29 is 18.7 Å². The average Bonchev–Trinajstić information content (AvgIpc) is 2.70. The number of carbonyl (C=O) groups is 1. The molecule has 150 valence electrons. The van der Waals surface area contributed by atoms with Crippen LogP contribution in [0, 0.1) is 5.82 Å². The lowest BCUT2D eigenvalue weighted by Gasteiger charge is -2.34. The third-order valence-corrected chi connectivity index (χ3v) is 4.67. The van der Waals surface area contributed by atoms with Crippen LogP contribution >= 0.6 is 0 Å². The van der Waals surface area contributed by atoms with E-state index in [2.05, 4.69) is 10.6 Å². The van der Waals surface area contributed by atoms with Crippen molar-refractivity contribution >= 4 is 17.4 Å². The summed E-state index contributed by atoms with van der Waals surface area (Å²) in [4.78, 5) is 14.3. The van der Waals surface area contributed by atoms with E-state index in [1.54, 1.807) is 25.3 Å². The van der Waals surface area contributed by atoms with Gasteiger partial charge in [0, 0.05) is 38.0 Å². The Balaban J connectivity index is 1.46. The highest BCUT2D eigenvalue weighted by atomic mass is 19.1. The van der Waals surface area contributed by atoms with Gasteiger partial charge in [-0.05, 0) is 37.1 Å². The van der Waals surface area contributed by atoms with Crippen LogP contribution < -0.4 is 20.3 Å². The summed E-state index contributed by atoms with van der Waals surface area (Å²) in [5.41, 5.74) is 1.28. The Bertz CT molecular complexity index is 779. The van der Waals surface area contributed by atoms with Crippen LogP contribution in [0.4, 0.5) is 20.6 Å². The number of halogens is 1. The third kappa shape index (κ3) is 5.60. The molecule has 0 spiro atoms. The van der Waals surface area contributed by atoms with Crippen molar-refractivity contribution in [1.82, 2.24) is 5.32 Å². The number of para-hydroxylation sites is 1. The number of hydrogen-bond acceptors (Lipinski definition) is 4. The van der Waals surface area contributed by atoms with Crippen molar-refractivity contribution in [2.24, 2.45) is 0 Å². The van der Waals surface area contributed by atoms with Crippen LogP contribution in [0.5, 0.6) is 5.75 Å². The number of ether oxygens (including phenoxy) is 2. The van der Waals surface area contributed by atoms with Gasteiger partial charge in [-0.1, -0.05) is 18.2 Å². The van der Waals surface area contributed by atoms with Gasteiger partial charge in [0.15, 0.2) is 0 Å². The predicted octanol–water partition coefficient (Wildman–Crippen LogP) is 3.64. The first-order valence-corrected chi connectivity index (χ1v) is 9.44. The highest BCUT2D eigenvalue weighted by Gasteiger charge is 2.22. The van der Waals surface area contributed by atoms with E-state index in [4.69, 9.17) is 9.47 Å². The summed E-state index contributed by atoms with van der Waals surface area (Å²) in [5.74, 6) is 0.465. The molecule has 1 aliphatic rings. The number of nitrogens with zero attached hydrogens (tertiary/aromatic N) is 1. The SMILES string of the molecule is COCCOc1cccc(NC(=O)NC2CCN(c3ccccc3F)CC2)c1. The van der Waals surface area contributed by atoms with Gasteiger partial charge < -0.3 is 25.0 Å². The Hall–Kier alpha value is -2.80. The van der Waals surface area contributed by atoms with Crippen molar-refractivity contribution in [3.8, 4) is 5.75 Å². The van der Waals surface area contributed by atoms with Gasteiger partial charge >= 0.3 is 6.03 Å². The van der Waals surface area contributed by atoms with Gasteiger partial charge in [-0.15, -0.1) is 0 Å². The van der Waals surface area contributed by atoms with Crippen LogP contribution in [0.2, 0.25) is 0 Å². The summed E-state index contributed by atoms with van der Waals surface area (Å²) >= 11 is 0. The first kappa shape index (κ1) is 19.9. The lowest BCUT2D eigenvalue weighted by Crippen LogP contribution is -2.46. The molecule has 1 heterocycles. The zero-order chi connectivity index (χ0) is 19.8. The number of amides is 2. The van der Waals surface area contributed by atoms with Gasteiger partial charge in [0.25, 0.3) is 0 Å². The van der Waals surface area contributed by atoms with Crippen LogP contribution in [0.1, 0.15) is 12.8 Å². The standard InChI is InChI=1S/C21H26FN3O3/c1-27-13-14-28-18-6-4-5-17(15-18)24-21(26)23-16-9-11-25(12-10-16)20-8-3-2-7-19(20)22/h2-8,15-16H,9-14H2,1H3,(H2,23,24,26). The van der Waals surface area contributed by atoms with E-state index in [1.807, 2.05) is 29.2 Å². The number of methoxy groups -OCH3 is 1. The van der Waals surface area contributed by atoms with Gasteiger partial charge in [-0.25, -0.2) is 9.18 Å². The maximum atomic E-state index is 13.9. The second kappa shape index (κ2) is 9.94. The Labute approximate surface area is 164 Å². The molecule has 2 amide bonds. The minimum Gasteiger partial charge on any atom is -0.491 e. The summed E-state index contributed by atoms with van der Waals surface area (Å²) < 4.78 is 24.4. The largest absolute Gasteiger partial charge is 0.491 e. The van der Waals surface area contributed by atoms with E-state index in [-0.39, 0.29) is 17.9 Å². The minimum atomic E-state index is -0.251. The van der Waals surface area contributed by atoms with Crippen molar-refractivity contribution in [1.29, 1.82) is 0 Å². The molecule has 0 saturated carbocycles. The summed E-state index contributed by atoms with van der Waals surface area (Å²) in [7, 11) is 1.62. The number of anilines is 2. The summed E-state index contributed by atoms with van der Waals surface area (Å²) in [6.45, 7) is 2.36. The molecule has 28 heavy (non-hydrogen) atoms. The molecule has 0 atom stereocenters. The molecule has 1 saturated heterocycles. The zero-order valence-corrected chi connectivity index (χ0v) is 16.0. The second-order valence-corrected chi connectivity index (χ2v) is 6.68. The lowest BCUT2D eigenvalue weighted by molar-refractivity contribution is 0.146. The Morgan fingerprint density at radius 1 is 1.14 bits per heavy atom. The number of rotatable bonds is 7. The molecule has 2 N–H and O–H groups in total. The van der Waals surface area contributed by atoms with Gasteiger partial charge in [-0.3, -0.25) is 0 Å². The normalized spacial score (nSPS) is 14.6. The highest BCUT2D eigenvalue weighted by molar-refractivity contribution is 5.89. The Morgan fingerprint density at radius 3 is 2.68 bits per heavy atom. The molecule has 0 bridgehead atoms. The van der Waals surface area contributed by atoms with E-state index in [1.165, 1.54) is 6.07 Å². The Morgan fingerprint density at radius 2 is 1.93 bits per heavy atom. The fraction of sp³-hybridized carbons (Fsp3) is 0.381. The van der Waals surface area contributed by atoms with Gasteiger partial charge in [0.1, 0.15) is 18.2 Å². The van der Waals surface area contributed by atoms with Gasteiger partial charge in [0.2, 0.25) is 0 Å². The van der Waals surface area contributed by atoms with Gasteiger partial charge in [-0.2, -0.15) is 0 Å². The molecule has 0 aliphatic carbocycles. The number of urea groups is 1. The quantitative estimate of drug-likeness (QED) is 0.712. The van der Waals surface area contributed by atoms with E-state index < -0.39 is 0 Å². The molecule has 0 unspecified atom stereocenters. The van der Waals surface area contributed by atoms with Crippen molar-refractivity contribution in [3.63, 3.8) is 0 Å². The molecule has 3 rings (SSSR count). The summed E-state index contributed by atoms with van der Waals surface area (Å²) in [5, 5.41) is 5.83. The molecular weight excluding hydrogens is 361 g/mol. The number of nitrogens with one attached hydrogen (secondary N) is 2. The molecule has 1 aliphatic heterocycles. The van der Waals surface area contributed by atoms with Crippen LogP contribution in [-0.2, 0) is 4.74 Å². The molecule has 1 fully saturated rings. The number of piperidine rings is 1. The van der Waals surface area contributed by atoms with Gasteiger partial charge in [0.05, 0.1) is 12.3 Å². The number of carbonyl (C=O) groups excluding carboxylic acids is 1. The average molecular weight is 387 g/mol. The molecular formula is C21H26FN3O3. The highest BCUT2D eigenvalue weighted by Crippen LogP contribution is 2.23. The van der Waals surface area contributed by atoms with Crippen LogP contribution in [0.3, 0.4) is 0 Å². The van der Waals surface area contributed by atoms with Crippen LogP contribution in [-0.4, -0.2) is 45.5 Å². The van der Waals surface area contributed by atoms with E-state index in [9.17, 15) is 9.18 Å². The molecule has 7 heteroatoms. The Kier molecular flexibility index (Phi) is 7.08. The fourth-order valence-electron chi connectivity index (χ4n) is 3.23. The smallest absolute Gasteiger partial charge is 0.319 e. The van der Waals surface area contributed by atoms with Crippen LogP contribution in [0.25, 0.3) is 0 Å².